The van der Waals surface area contributed by atoms with E-state index in [0.717, 1.165) is 36.3 Å². The summed E-state index contributed by atoms with van der Waals surface area (Å²) in [6.45, 7) is 13.3. The minimum Gasteiger partial charge on any atom is -0.467 e. The van der Waals surface area contributed by atoms with Crippen LogP contribution in [-0.4, -0.2) is 71.8 Å². The molecule has 0 radical (unpaired) electrons. The Hall–Kier alpha value is -5.07. The van der Waals surface area contributed by atoms with Crippen molar-refractivity contribution in [3.63, 3.8) is 0 Å². The van der Waals surface area contributed by atoms with Crippen LogP contribution in [0.5, 0.6) is 11.5 Å². The van der Waals surface area contributed by atoms with Crippen molar-refractivity contribution in [2.75, 3.05) is 50.2 Å². The van der Waals surface area contributed by atoms with E-state index in [1.807, 2.05) is 32.9 Å². The first kappa shape index (κ1) is 35.2. The smallest absolute Gasteiger partial charge is 0.421 e. The number of benzene rings is 3. The van der Waals surface area contributed by atoms with Crippen molar-refractivity contribution in [2.24, 2.45) is 0 Å². The highest BCUT2D eigenvalue weighted by Crippen LogP contribution is 2.33. The van der Waals surface area contributed by atoms with Crippen LogP contribution in [0.15, 0.2) is 60.8 Å². The maximum Gasteiger partial charge on any atom is 0.421 e. The Balaban J connectivity index is 1.39. The van der Waals surface area contributed by atoms with Gasteiger partial charge < -0.3 is 29.3 Å². The van der Waals surface area contributed by atoms with Gasteiger partial charge in [-0.2, -0.15) is 4.98 Å². The molecule has 2 amide bonds. The highest BCUT2D eigenvalue weighted by Gasteiger charge is 2.26. The van der Waals surface area contributed by atoms with Crippen LogP contribution < -0.4 is 19.7 Å². The molecule has 3 aromatic carbocycles. The van der Waals surface area contributed by atoms with E-state index >= 15 is 0 Å². The predicted molar refractivity (Wildman–Crippen MR) is 186 cm³/mol. The van der Waals surface area contributed by atoms with Gasteiger partial charge in [-0.25, -0.2) is 14.2 Å². The van der Waals surface area contributed by atoms with Gasteiger partial charge in [0, 0.05) is 48.7 Å². The highest BCUT2D eigenvalue weighted by molar-refractivity contribution is 5.94. The maximum absolute atomic E-state index is 14.7. The number of aromatic nitrogens is 2. The van der Waals surface area contributed by atoms with E-state index in [9.17, 15) is 14.0 Å². The lowest BCUT2D eigenvalue weighted by Crippen LogP contribution is -2.36. The number of ether oxygens (including phenoxy) is 3. The standard InChI is InChI=1S/C37H43FN6O5/c1-7-43(8-2)16-15-42(6)35(45)27-9-11-31(12-10-27)40-36-39-14-13-32(41-36)44(37(46)49-33-25(4)17-24(3)18-26(33)5)21-28-19-30(38)20-29-22-47-23-48-34(28)29/h9-14,17-20H,7-8,15-16,21-23H2,1-6H3,(H,39,40,41). The number of rotatable bonds is 12. The Morgan fingerprint density at radius 3 is 2.39 bits per heavy atom. The number of nitrogens with zero attached hydrogens (tertiary/aromatic N) is 5. The summed E-state index contributed by atoms with van der Waals surface area (Å²) >= 11 is 0. The summed E-state index contributed by atoms with van der Waals surface area (Å²) in [5, 5.41) is 3.15. The number of halogens is 1. The molecule has 258 valence electrons. The third-order valence-corrected chi connectivity index (χ3v) is 8.39. The summed E-state index contributed by atoms with van der Waals surface area (Å²) in [5.74, 6) is 0.765. The molecule has 0 bridgehead atoms. The first-order chi connectivity index (χ1) is 23.6. The van der Waals surface area contributed by atoms with Gasteiger partial charge in [-0.3, -0.25) is 9.69 Å². The summed E-state index contributed by atoms with van der Waals surface area (Å²) in [4.78, 5) is 41.2. The van der Waals surface area contributed by atoms with Gasteiger partial charge in [-0.1, -0.05) is 31.5 Å². The molecule has 1 N–H and O–H groups in total. The quantitative estimate of drug-likeness (QED) is 0.175. The van der Waals surface area contributed by atoms with Crippen LogP contribution in [0, 0.1) is 26.6 Å². The van der Waals surface area contributed by atoms with Crippen LogP contribution in [-0.2, 0) is 17.9 Å². The zero-order valence-electron chi connectivity index (χ0n) is 28.9. The summed E-state index contributed by atoms with van der Waals surface area (Å²) in [5.41, 5.74) is 4.83. The van der Waals surface area contributed by atoms with E-state index in [1.54, 1.807) is 42.3 Å². The average Bonchev–Trinajstić information content (AvgIpc) is 3.09. The molecule has 0 atom stereocenters. The fourth-order valence-corrected chi connectivity index (χ4v) is 5.79. The lowest BCUT2D eigenvalue weighted by molar-refractivity contribution is -0.0172. The third kappa shape index (κ3) is 8.70. The Morgan fingerprint density at radius 1 is 0.980 bits per heavy atom. The zero-order chi connectivity index (χ0) is 35.1. The number of hydrogen-bond acceptors (Lipinski definition) is 9. The van der Waals surface area contributed by atoms with Gasteiger partial charge in [0.25, 0.3) is 5.91 Å². The van der Waals surface area contributed by atoms with Crippen molar-refractivity contribution in [1.29, 1.82) is 0 Å². The molecule has 0 saturated carbocycles. The van der Waals surface area contributed by atoms with Crippen molar-refractivity contribution in [3.05, 3.63) is 100.0 Å². The number of carbonyl (C=O) groups is 2. The van der Waals surface area contributed by atoms with Gasteiger partial charge in [0.1, 0.15) is 23.1 Å². The largest absolute Gasteiger partial charge is 0.467 e. The van der Waals surface area contributed by atoms with Crippen LogP contribution in [0.3, 0.4) is 0 Å². The Labute approximate surface area is 286 Å². The molecule has 2 heterocycles. The monoisotopic (exact) mass is 670 g/mol. The Morgan fingerprint density at radius 2 is 1.69 bits per heavy atom. The van der Waals surface area contributed by atoms with E-state index in [4.69, 9.17) is 14.2 Å². The number of carbonyl (C=O) groups excluding carboxylic acids is 2. The molecule has 0 aliphatic carbocycles. The molecule has 11 nitrogen and oxygen atoms in total. The van der Waals surface area contributed by atoms with Crippen molar-refractivity contribution in [3.8, 4) is 11.5 Å². The Kier molecular flexibility index (Phi) is 11.4. The van der Waals surface area contributed by atoms with Gasteiger partial charge in [0.05, 0.1) is 13.2 Å². The number of anilines is 3. The van der Waals surface area contributed by atoms with Crippen LogP contribution >= 0.6 is 0 Å². The lowest BCUT2D eigenvalue weighted by Gasteiger charge is -2.26. The van der Waals surface area contributed by atoms with Crippen LogP contribution in [0.25, 0.3) is 0 Å². The van der Waals surface area contributed by atoms with E-state index in [2.05, 4.69) is 34.0 Å². The van der Waals surface area contributed by atoms with Gasteiger partial charge in [-0.05, 0) is 87.5 Å². The maximum atomic E-state index is 14.7. The summed E-state index contributed by atoms with van der Waals surface area (Å²) in [6.07, 6.45) is 0.805. The molecule has 0 unspecified atom stereocenters. The first-order valence-corrected chi connectivity index (χ1v) is 16.3. The van der Waals surface area contributed by atoms with E-state index < -0.39 is 11.9 Å². The van der Waals surface area contributed by atoms with Gasteiger partial charge in [0.15, 0.2) is 6.79 Å². The van der Waals surface area contributed by atoms with Crippen LogP contribution in [0.1, 0.15) is 52.0 Å². The van der Waals surface area contributed by atoms with E-state index in [1.165, 1.54) is 23.2 Å². The average molecular weight is 671 g/mol. The first-order valence-electron chi connectivity index (χ1n) is 16.3. The minimum absolute atomic E-state index is 0.0103. The number of amides is 2. The third-order valence-electron chi connectivity index (χ3n) is 8.39. The minimum atomic E-state index is -0.710. The second-order valence-corrected chi connectivity index (χ2v) is 12.0. The lowest BCUT2D eigenvalue weighted by atomic mass is 10.1. The van der Waals surface area contributed by atoms with Crippen molar-refractivity contribution in [1.82, 2.24) is 19.8 Å². The molecule has 0 fully saturated rings. The van der Waals surface area contributed by atoms with Crippen molar-refractivity contribution in [2.45, 2.75) is 47.8 Å². The van der Waals surface area contributed by atoms with Gasteiger partial charge in [0.2, 0.25) is 5.95 Å². The summed E-state index contributed by atoms with van der Waals surface area (Å²) < 4.78 is 31.8. The van der Waals surface area contributed by atoms with Crippen LogP contribution in [0.4, 0.5) is 26.6 Å². The topological polar surface area (TPSA) is 109 Å². The predicted octanol–water partition coefficient (Wildman–Crippen LogP) is 6.77. The number of nitrogens with one attached hydrogen (secondary N) is 1. The fraction of sp³-hybridized carbons (Fsp3) is 0.351. The number of fused-ring (bicyclic) bond motifs is 1. The molecule has 1 aliphatic rings. The molecular weight excluding hydrogens is 627 g/mol. The normalized spacial score (nSPS) is 12.2. The second kappa shape index (κ2) is 15.9. The van der Waals surface area contributed by atoms with Crippen LogP contribution in [0.2, 0.25) is 0 Å². The molecule has 49 heavy (non-hydrogen) atoms. The highest BCUT2D eigenvalue weighted by atomic mass is 19.1. The number of aryl methyl sites for hydroxylation is 3. The molecule has 0 spiro atoms. The van der Waals surface area contributed by atoms with Crippen molar-refractivity contribution < 1.29 is 28.2 Å². The molecule has 1 aromatic heterocycles. The summed E-state index contributed by atoms with van der Waals surface area (Å²) in [6, 6.07) is 15.2. The Bertz CT molecular complexity index is 1770. The SMILES string of the molecule is CCN(CC)CCN(C)C(=O)c1ccc(Nc2nccc(N(Cc3cc(F)cc4c3OCOC4)C(=O)Oc3c(C)cc(C)cc3C)n2)cc1. The molecular formula is C37H43FN6O5. The van der Waals surface area contributed by atoms with Crippen molar-refractivity contribution >= 4 is 29.5 Å². The number of hydrogen-bond donors (Lipinski definition) is 1. The fourth-order valence-electron chi connectivity index (χ4n) is 5.79. The van der Waals surface area contributed by atoms with E-state index in [0.29, 0.717) is 40.4 Å². The molecule has 5 rings (SSSR count). The molecule has 0 saturated heterocycles. The molecule has 4 aromatic rings. The van der Waals surface area contributed by atoms with Gasteiger partial charge in [-0.15, -0.1) is 0 Å². The molecule has 1 aliphatic heterocycles. The summed E-state index contributed by atoms with van der Waals surface area (Å²) in [7, 11) is 1.80. The zero-order valence-corrected chi connectivity index (χ0v) is 28.9. The number of likely N-dealkylation sites (N-methyl/N-ethyl adjacent to an activating group) is 2. The van der Waals surface area contributed by atoms with Gasteiger partial charge >= 0.3 is 6.09 Å². The molecule has 12 heteroatoms. The van der Waals surface area contributed by atoms with E-state index in [-0.39, 0.29) is 37.6 Å². The second-order valence-electron chi connectivity index (χ2n) is 12.0.